The summed E-state index contributed by atoms with van der Waals surface area (Å²) in [5.41, 5.74) is 3.22. The van der Waals surface area contributed by atoms with Crippen LogP contribution < -0.4 is 10.1 Å². The summed E-state index contributed by atoms with van der Waals surface area (Å²) in [7, 11) is 2.12. The summed E-state index contributed by atoms with van der Waals surface area (Å²) in [5.74, 6) is 0.512. The topological polar surface area (TPSA) is 83.5 Å². The van der Waals surface area contributed by atoms with Gasteiger partial charge in [0.15, 0.2) is 0 Å². The lowest BCUT2D eigenvalue weighted by Gasteiger charge is -2.30. The number of carbonyl (C=O) groups excluding carboxylic acids is 2. The van der Waals surface area contributed by atoms with Gasteiger partial charge in [-0.1, -0.05) is 25.5 Å². The van der Waals surface area contributed by atoms with Crippen molar-refractivity contribution in [3.05, 3.63) is 59.2 Å². The lowest BCUT2D eigenvalue weighted by Crippen LogP contribution is -2.41. The predicted octanol–water partition coefficient (Wildman–Crippen LogP) is 3.80. The number of nitrogens with zero attached hydrogens (tertiary/aromatic N) is 3. The minimum absolute atomic E-state index is 0.0673. The van der Waals surface area contributed by atoms with Crippen molar-refractivity contribution in [2.45, 2.75) is 32.6 Å². The molecule has 1 amide bonds. The molecule has 0 saturated carbocycles. The van der Waals surface area contributed by atoms with Gasteiger partial charge in [0.25, 0.3) is 5.91 Å². The van der Waals surface area contributed by atoms with E-state index >= 15 is 0 Å². The minimum atomic E-state index is -0.179. The molecule has 0 bridgehead atoms. The van der Waals surface area contributed by atoms with E-state index in [2.05, 4.69) is 34.3 Å². The number of rotatable bonds is 9. The van der Waals surface area contributed by atoms with Gasteiger partial charge in [-0.25, -0.2) is 0 Å². The van der Waals surface area contributed by atoms with Gasteiger partial charge in [-0.2, -0.15) is 5.10 Å². The van der Waals surface area contributed by atoms with Gasteiger partial charge in [-0.05, 0) is 61.3 Å². The third kappa shape index (κ3) is 7.31. The Labute approximate surface area is 213 Å². The molecule has 1 fully saturated rings. The molecule has 1 atom stereocenters. The van der Waals surface area contributed by atoms with Crippen LogP contribution in [0.2, 0.25) is 0 Å². The first kappa shape index (κ1) is 25.7. The molecule has 0 aliphatic carbocycles. The number of esters is 1. The number of nitrogens with one attached hydrogen (secondary N) is 1. The van der Waals surface area contributed by atoms with E-state index in [-0.39, 0.29) is 17.8 Å². The van der Waals surface area contributed by atoms with E-state index in [1.807, 2.05) is 48.7 Å². The van der Waals surface area contributed by atoms with Gasteiger partial charge in [0.2, 0.25) is 0 Å². The molecule has 0 spiro atoms. The smallest absolute Gasteiger partial charge is 0.306 e. The summed E-state index contributed by atoms with van der Waals surface area (Å²) in [5, 5.41) is 9.60. The van der Waals surface area contributed by atoms with E-state index in [0.29, 0.717) is 37.3 Å². The number of hydrazone groups is 1. The van der Waals surface area contributed by atoms with Crippen LogP contribution in [0.5, 0.6) is 5.75 Å². The second-order valence-corrected chi connectivity index (χ2v) is 9.56. The number of ether oxygens (including phenoxy) is 2. The number of piperazine rings is 1. The monoisotopic (exact) mass is 492 g/mol. The van der Waals surface area contributed by atoms with E-state index in [9.17, 15) is 9.59 Å². The van der Waals surface area contributed by atoms with Gasteiger partial charge in [0.1, 0.15) is 5.75 Å². The molecule has 2 aromatic carbocycles. The maximum atomic E-state index is 12.8. The number of hydrogen-bond donors (Lipinski definition) is 1. The van der Waals surface area contributed by atoms with Crippen LogP contribution >= 0.6 is 0 Å². The van der Waals surface area contributed by atoms with E-state index in [0.717, 1.165) is 55.9 Å². The second-order valence-electron chi connectivity index (χ2n) is 9.56. The Morgan fingerprint density at radius 2 is 1.92 bits per heavy atom. The summed E-state index contributed by atoms with van der Waals surface area (Å²) in [6, 6.07) is 13.1. The van der Waals surface area contributed by atoms with E-state index in [1.54, 1.807) is 0 Å². The fourth-order valence-corrected chi connectivity index (χ4v) is 4.27. The van der Waals surface area contributed by atoms with Crippen molar-refractivity contribution < 1.29 is 19.1 Å². The van der Waals surface area contributed by atoms with E-state index < -0.39 is 0 Å². The van der Waals surface area contributed by atoms with E-state index in [4.69, 9.17) is 9.47 Å². The Morgan fingerprint density at radius 1 is 1.14 bits per heavy atom. The number of anilines is 1. The summed E-state index contributed by atoms with van der Waals surface area (Å²) >= 11 is 0. The highest BCUT2D eigenvalue weighted by atomic mass is 16.5. The average Bonchev–Trinajstić information content (AvgIpc) is 2.88. The molecule has 8 nitrogen and oxygen atoms in total. The standard InChI is InChI=1S/C28H36N4O4/c1-3-4-15-35-27(33)17-22-16-24-18-25(9-10-26(24)36-20-22)30-28(34)23-7-5-21(6-8-23)19-29-32-13-11-31(2)12-14-32/h5-10,18-19,22H,3-4,11-17,20H2,1-2H3,(H,30,34)/b29-19+. The molecule has 2 aromatic rings. The Balaban J connectivity index is 1.30. The van der Waals surface area contributed by atoms with Gasteiger partial charge >= 0.3 is 5.97 Å². The number of benzene rings is 2. The minimum Gasteiger partial charge on any atom is -0.493 e. The summed E-state index contributed by atoms with van der Waals surface area (Å²) in [6.07, 6.45) is 4.77. The molecule has 0 radical (unpaired) electrons. The van der Waals surface area contributed by atoms with Gasteiger partial charge < -0.3 is 19.7 Å². The Morgan fingerprint density at radius 3 is 2.67 bits per heavy atom. The van der Waals surface area contributed by atoms with Crippen LogP contribution in [0.25, 0.3) is 0 Å². The van der Waals surface area contributed by atoms with Crippen LogP contribution in [0.1, 0.15) is 47.7 Å². The van der Waals surface area contributed by atoms with Crippen molar-refractivity contribution >= 4 is 23.8 Å². The second kappa shape index (κ2) is 12.5. The molecule has 1 unspecified atom stereocenters. The van der Waals surface area contributed by atoms with Crippen LogP contribution in [0.3, 0.4) is 0 Å². The molecule has 192 valence electrons. The van der Waals surface area contributed by atoms with Gasteiger partial charge in [-0.3, -0.25) is 14.6 Å². The van der Waals surface area contributed by atoms with Crippen LogP contribution in [0, 0.1) is 5.92 Å². The molecule has 4 rings (SSSR count). The van der Waals surface area contributed by atoms with Crippen molar-refractivity contribution in [3.8, 4) is 5.75 Å². The first-order chi connectivity index (χ1) is 17.5. The maximum absolute atomic E-state index is 12.8. The first-order valence-electron chi connectivity index (χ1n) is 12.8. The molecule has 2 heterocycles. The molecule has 0 aromatic heterocycles. The number of fused-ring (bicyclic) bond motifs is 1. The zero-order valence-electron chi connectivity index (χ0n) is 21.2. The SMILES string of the molecule is CCCCOC(=O)CC1COc2ccc(NC(=O)c3ccc(/C=N/N4CCN(C)CC4)cc3)cc2C1. The zero-order chi connectivity index (χ0) is 25.3. The van der Waals surface area contributed by atoms with Crippen molar-refractivity contribution in [1.29, 1.82) is 0 Å². The van der Waals surface area contributed by atoms with Crippen molar-refractivity contribution in [2.24, 2.45) is 11.0 Å². The number of hydrogen-bond acceptors (Lipinski definition) is 7. The van der Waals surface area contributed by atoms with Crippen molar-refractivity contribution in [1.82, 2.24) is 9.91 Å². The predicted molar refractivity (Wildman–Crippen MR) is 141 cm³/mol. The van der Waals surface area contributed by atoms with Crippen LogP contribution in [0.15, 0.2) is 47.6 Å². The van der Waals surface area contributed by atoms with E-state index in [1.165, 1.54) is 0 Å². The van der Waals surface area contributed by atoms with Crippen molar-refractivity contribution in [2.75, 3.05) is 51.8 Å². The van der Waals surface area contributed by atoms with Crippen molar-refractivity contribution in [3.63, 3.8) is 0 Å². The number of amides is 1. The summed E-state index contributed by atoms with van der Waals surface area (Å²) < 4.78 is 11.1. The lowest BCUT2D eigenvalue weighted by atomic mass is 9.93. The fraction of sp³-hybridized carbons (Fsp3) is 0.464. The molecule has 36 heavy (non-hydrogen) atoms. The highest BCUT2D eigenvalue weighted by Crippen LogP contribution is 2.31. The molecule has 1 saturated heterocycles. The third-order valence-corrected chi connectivity index (χ3v) is 6.54. The molecule has 2 aliphatic rings. The Bertz CT molecular complexity index is 1060. The summed E-state index contributed by atoms with van der Waals surface area (Å²) in [6.45, 7) is 6.89. The zero-order valence-corrected chi connectivity index (χ0v) is 21.2. The molecular formula is C28H36N4O4. The van der Waals surface area contributed by atoms with Gasteiger partial charge in [0, 0.05) is 43.3 Å². The molecular weight excluding hydrogens is 456 g/mol. The number of likely N-dealkylation sites (N-methyl/N-ethyl adjacent to an activating group) is 1. The number of carbonyl (C=O) groups is 2. The largest absolute Gasteiger partial charge is 0.493 e. The normalized spacial score (nSPS) is 17.9. The highest BCUT2D eigenvalue weighted by molar-refractivity contribution is 6.04. The van der Waals surface area contributed by atoms with Gasteiger partial charge in [-0.15, -0.1) is 0 Å². The number of unbranched alkanes of at least 4 members (excludes halogenated alkanes) is 1. The van der Waals surface area contributed by atoms with Crippen LogP contribution in [-0.2, 0) is 16.0 Å². The van der Waals surface area contributed by atoms with Crippen LogP contribution in [-0.4, -0.2) is 74.4 Å². The highest BCUT2D eigenvalue weighted by Gasteiger charge is 2.23. The summed E-state index contributed by atoms with van der Waals surface area (Å²) in [4.78, 5) is 27.2. The molecule has 2 aliphatic heterocycles. The lowest BCUT2D eigenvalue weighted by molar-refractivity contribution is -0.145. The quantitative estimate of drug-likeness (QED) is 0.326. The third-order valence-electron chi connectivity index (χ3n) is 6.54. The van der Waals surface area contributed by atoms with Gasteiger partial charge in [0.05, 0.1) is 25.8 Å². The molecule has 8 heteroatoms. The average molecular weight is 493 g/mol. The molecule has 1 N–H and O–H groups in total. The Hall–Kier alpha value is -3.39. The Kier molecular flexibility index (Phi) is 8.95. The first-order valence-corrected chi connectivity index (χ1v) is 12.8. The fourth-order valence-electron chi connectivity index (χ4n) is 4.27. The van der Waals surface area contributed by atoms with Crippen LogP contribution in [0.4, 0.5) is 5.69 Å². The maximum Gasteiger partial charge on any atom is 0.306 e.